The molecule has 76 valence electrons. The molecule has 0 N–H and O–H groups in total. The average Bonchev–Trinajstić information content (AvgIpc) is 2.23. The molecular formula is C9H11NO4. The maximum Gasteiger partial charge on any atom is 0.325 e. The highest BCUT2D eigenvalue weighted by Gasteiger charge is 2.38. The number of carbonyl (C=O) groups excluding carboxylic acids is 2. The van der Waals surface area contributed by atoms with Gasteiger partial charge < -0.3 is 14.4 Å². The predicted molar refractivity (Wildman–Crippen MR) is 46.1 cm³/mol. The molecule has 3 rings (SSSR count). The lowest BCUT2D eigenvalue weighted by atomic mass is 10.0. The topological polar surface area (TPSA) is 55.8 Å². The minimum atomic E-state index is -0.428. The summed E-state index contributed by atoms with van der Waals surface area (Å²) in [5.41, 5.74) is 0. The maximum atomic E-state index is 11.6. The molecule has 1 amide bonds. The fourth-order valence-corrected chi connectivity index (χ4v) is 1.60. The number of rotatable bonds is 2. The third kappa shape index (κ3) is 1.39. The van der Waals surface area contributed by atoms with E-state index in [2.05, 4.69) is 4.74 Å². The van der Waals surface area contributed by atoms with Crippen molar-refractivity contribution >= 4 is 11.9 Å². The summed E-state index contributed by atoms with van der Waals surface area (Å²) in [5, 5.41) is 0. The van der Waals surface area contributed by atoms with Crippen LogP contribution >= 0.6 is 0 Å². The molecule has 3 heterocycles. The molecule has 5 heteroatoms. The Morgan fingerprint density at radius 3 is 3.00 bits per heavy atom. The second-order valence-corrected chi connectivity index (χ2v) is 3.26. The predicted octanol–water partition coefficient (Wildman–Crippen LogP) is -0.470. The van der Waals surface area contributed by atoms with Crippen LogP contribution in [0.4, 0.5) is 0 Å². The first-order valence-electron chi connectivity index (χ1n) is 4.39. The van der Waals surface area contributed by atoms with E-state index >= 15 is 0 Å². The van der Waals surface area contributed by atoms with Gasteiger partial charge in [0.15, 0.2) is 6.23 Å². The zero-order valence-corrected chi connectivity index (χ0v) is 7.80. The Morgan fingerprint density at radius 1 is 1.71 bits per heavy atom. The number of ether oxygens (including phenoxy) is 2. The fraction of sp³-hybridized carbons (Fsp3) is 0.556. The number of carbonyl (C=O) groups is 2. The van der Waals surface area contributed by atoms with E-state index in [4.69, 9.17) is 4.74 Å². The Balaban J connectivity index is 2.09. The summed E-state index contributed by atoms with van der Waals surface area (Å²) >= 11 is 0. The largest absolute Gasteiger partial charge is 0.468 e. The summed E-state index contributed by atoms with van der Waals surface area (Å²) in [6, 6.07) is 0. The Labute approximate surface area is 81.3 Å². The van der Waals surface area contributed by atoms with Crippen LogP contribution in [0.5, 0.6) is 0 Å². The monoisotopic (exact) mass is 197 g/mol. The molecule has 0 aromatic carbocycles. The number of hydrogen-bond acceptors (Lipinski definition) is 4. The highest BCUT2D eigenvalue weighted by atomic mass is 16.5. The molecule has 2 bridgehead atoms. The van der Waals surface area contributed by atoms with Gasteiger partial charge in [0.05, 0.1) is 19.6 Å². The molecule has 3 aliphatic rings. The Hall–Kier alpha value is -1.36. The van der Waals surface area contributed by atoms with E-state index in [1.54, 1.807) is 6.08 Å². The van der Waals surface area contributed by atoms with Crippen LogP contribution in [0.2, 0.25) is 0 Å². The van der Waals surface area contributed by atoms with Crippen molar-refractivity contribution in [2.75, 3.05) is 20.3 Å². The van der Waals surface area contributed by atoms with Gasteiger partial charge in [-0.25, -0.2) is 0 Å². The van der Waals surface area contributed by atoms with Crippen molar-refractivity contribution in [3.8, 4) is 0 Å². The number of methoxy groups -OCH3 is 1. The average molecular weight is 197 g/mol. The molecule has 5 nitrogen and oxygen atoms in total. The normalized spacial score (nSPS) is 29.5. The van der Waals surface area contributed by atoms with Crippen LogP contribution < -0.4 is 0 Å². The lowest BCUT2D eigenvalue weighted by molar-refractivity contribution is -0.170. The molecule has 2 atom stereocenters. The molecule has 3 aliphatic heterocycles. The minimum Gasteiger partial charge on any atom is -0.468 e. The summed E-state index contributed by atoms with van der Waals surface area (Å²) in [6.45, 7) is 0.374. The summed E-state index contributed by atoms with van der Waals surface area (Å²) in [7, 11) is 1.30. The number of hydrogen-bond donors (Lipinski definition) is 0. The standard InChI is InChI=1S/C9H11NO4/c1-13-8(11)4-10-7-3-2-6(5-14-7)9(10)12/h2-3,6-7H,4-5H2,1H3. The van der Waals surface area contributed by atoms with Crippen LogP contribution in [0.25, 0.3) is 0 Å². The van der Waals surface area contributed by atoms with Crippen LogP contribution in [-0.2, 0) is 19.1 Å². The minimum absolute atomic E-state index is 0.0408. The first kappa shape index (κ1) is 9.21. The number of fused-ring (bicyclic) bond motifs is 2. The molecular weight excluding hydrogens is 186 g/mol. The lowest BCUT2D eigenvalue weighted by Gasteiger charge is -2.39. The molecule has 1 saturated heterocycles. The summed E-state index contributed by atoms with van der Waals surface area (Å²) in [4.78, 5) is 24.0. The van der Waals surface area contributed by atoms with Crippen molar-refractivity contribution in [2.45, 2.75) is 6.23 Å². The van der Waals surface area contributed by atoms with E-state index in [1.165, 1.54) is 12.0 Å². The van der Waals surface area contributed by atoms with Crippen molar-refractivity contribution in [3.05, 3.63) is 12.2 Å². The van der Waals surface area contributed by atoms with Gasteiger partial charge in [-0.15, -0.1) is 0 Å². The highest BCUT2D eigenvalue weighted by Crippen LogP contribution is 2.24. The summed E-state index contributed by atoms with van der Waals surface area (Å²) in [5.74, 6) is -0.721. The Morgan fingerprint density at radius 2 is 2.50 bits per heavy atom. The number of esters is 1. The SMILES string of the molecule is COC(=O)CN1C(=O)C2C=CC1OC2. The van der Waals surface area contributed by atoms with Crippen molar-refractivity contribution in [1.29, 1.82) is 0 Å². The van der Waals surface area contributed by atoms with Crippen molar-refractivity contribution in [3.63, 3.8) is 0 Å². The van der Waals surface area contributed by atoms with Crippen molar-refractivity contribution < 1.29 is 19.1 Å². The van der Waals surface area contributed by atoms with E-state index in [0.717, 1.165) is 0 Å². The molecule has 0 aromatic rings. The van der Waals surface area contributed by atoms with Gasteiger partial charge in [-0.2, -0.15) is 0 Å². The number of amides is 1. The van der Waals surface area contributed by atoms with Crippen LogP contribution in [0, 0.1) is 5.92 Å². The Bertz CT molecular complexity index is 299. The highest BCUT2D eigenvalue weighted by molar-refractivity contribution is 5.86. The van der Waals surface area contributed by atoms with E-state index in [9.17, 15) is 9.59 Å². The quantitative estimate of drug-likeness (QED) is 0.443. The van der Waals surface area contributed by atoms with Gasteiger partial charge in [0.25, 0.3) is 0 Å². The van der Waals surface area contributed by atoms with E-state index < -0.39 is 12.2 Å². The molecule has 14 heavy (non-hydrogen) atoms. The van der Waals surface area contributed by atoms with Crippen molar-refractivity contribution in [2.24, 2.45) is 5.92 Å². The van der Waals surface area contributed by atoms with Crippen LogP contribution in [0.1, 0.15) is 0 Å². The maximum absolute atomic E-state index is 11.6. The summed E-state index contributed by atoms with van der Waals surface area (Å²) in [6.07, 6.45) is 3.22. The smallest absolute Gasteiger partial charge is 0.325 e. The third-order valence-electron chi connectivity index (χ3n) is 2.39. The Kier molecular flexibility index (Phi) is 2.25. The third-order valence-corrected chi connectivity index (χ3v) is 2.39. The first-order chi connectivity index (χ1) is 6.72. The van der Waals surface area contributed by atoms with Gasteiger partial charge in [0.2, 0.25) is 5.91 Å². The van der Waals surface area contributed by atoms with Crippen LogP contribution in [0.15, 0.2) is 12.2 Å². The zero-order valence-electron chi connectivity index (χ0n) is 7.80. The first-order valence-corrected chi connectivity index (χ1v) is 4.39. The lowest BCUT2D eigenvalue weighted by Crippen LogP contribution is -2.54. The molecule has 0 radical (unpaired) electrons. The second kappa shape index (κ2) is 3.42. The number of nitrogens with zero attached hydrogens (tertiary/aromatic N) is 1. The van der Waals surface area contributed by atoms with Crippen LogP contribution in [-0.4, -0.2) is 43.3 Å². The van der Waals surface area contributed by atoms with Gasteiger partial charge in [-0.05, 0) is 6.08 Å². The zero-order chi connectivity index (χ0) is 10.1. The molecule has 0 aliphatic carbocycles. The van der Waals surface area contributed by atoms with Gasteiger partial charge in [0.1, 0.15) is 6.54 Å². The van der Waals surface area contributed by atoms with E-state index in [-0.39, 0.29) is 18.4 Å². The van der Waals surface area contributed by atoms with E-state index in [0.29, 0.717) is 6.61 Å². The molecule has 0 aromatic heterocycles. The molecule has 1 fully saturated rings. The fourth-order valence-electron chi connectivity index (χ4n) is 1.60. The molecule has 0 spiro atoms. The van der Waals surface area contributed by atoms with Crippen molar-refractivity contribution in [1.82, 2.24) is 4.90 Å². The van der Waals surface area contributed by atoms with Gasteiger partial charge in [0, 0.05) is 0 Å². The van der Waals surface area contributed by atoms with Gasteiger partial charge >= 0.3 is 5.97 Å². The second-order valence-electron chi connectivity index (χ2n) is 3.26. The molecule has 2 unspecified atom stereocenters. The van der Waals surface area contributed by atoms with Crippen LogP contribution in [0.3, 0.4) is 0 Å². The van der Waals surface area contributed by atoms with E-state index in [1.807, 2.05) is 6.08 Å². The molecule has 0 saturated carbocycles. The summed E-state index contributed by atoms with van der Waals surface area (Å²) < 4.78 is 9.81. The van der Waals surface area contributed by atoms with Gasteiger partial charge in [-0.1, -0.05) is 6.08 Å². The van der Waals surface area contributed by atoms with Gasteiger partial charge in [-0.3, -0.25) is 9.59 Å².